The lowest BCUT2D eigenvalue weighted by Gasteiger charge is -2.15. The molecule has 0 aliphatic heterocycles. The molecule has 0 heterocycles. The van der Waals surface area contributed by atoms with Crippen molar-refractivity contribution in [2.45, 2.75) is 24.3 Å². The normalized spacial score (nSPS) is 12.5. The van der Waals surface area contributed by atoms with Gasteiger partial charge in [0, 0.05) is 17.7 Å². The zero-order chi connectivity index (χ0) is 17.7. The standard InChI is InChI=1S/C16H15NO6S/c1-2-15(16(18)12-6-4-3-5-7-12)23-24(21,22)14-10-8-13(9-11-14)17(19)20/h3-11,15H,2H2,1H3. The van der Waals surface area contributed by atoms with Crippen molar-refractivity contribution in [3.8, 4) is 0 Å². The van der Waals surface area contributed by atoms with Gasteiger partial charge in [-0.05, 0) is 18.6 Å². The van der Waals surface area contributed by atoms with E-state index < -0.39 is 26.9 Å². The molecule has 126 valence electrons. The number of rotatable bonds is 7. The fraction of sp³-hybridized carbons (Fsp3) is 0.188. The molecule has 0 saturated heterocycles. The number of carbonyl (C=O) groups is 1. The Morgan fingerprint density at radius 1 is 1.12 bits per heavy atom. The van der Waals surface area contributed by atoms with Crippen molar-refractivity contribution in [3.63, 3.8) is 0 Å². The number of nitrogens with zero attached hydrogens (tertiary/aromatic N) is 1. The summed E-state index contributed by atoms with van der Waals surface area (Å²) < 4.78 is 29.6. The Morgan fingerprint density at radius 2 is 1.71 bits per heavy atom. The Morgan fingerprint density at radius 3 is 2.21 bits per heavy atom. The summed E-state index contributed by atoms with van der Waals surface area (Å²) in [5, 5.41) is 10.6. The lowest BCUT2D eigenvalue weighted by atomic mass is 10.1. The summed E-state index contributed by atoms with van der Waals surface area (Å²) in [4.78, 5) is 22.1. The maximum atomic E-state index is 12.3. The molecule has 0 saturated carbocycles. The fourth-order valence-corrected chi connectivity index (χ4v) is 3.14. The van der Waals surface area contributed by atoms with Crippen LogP contribution in [0.5, 0.6) is 0 Å². The molecular weight excluding hydrogens is 334 g/mol. The average molecular weight is 349 g/mol. The van der Waals surface area contributed by atoms with Crippen molar-refractivity contribution in [3.05, 3.63) is 70.3 Å². The summed E-state index contributed by atoms with van der Waals surface area (Å²) >= 11 is 0. The van der Waals surface area contributed by atoms with Gasteiger partial charge in [0.2, 0.25) is 0 Å². The molecule has 0 aliphatic carbocycles. The van der Waals surface area contributed by atoms with E-state index in [-0.39, 0.29) is 17.0 Å². The second kappa shape index (κ2) is 7.33. The Hall–Kier alpha value is -2.58. The molecule has 0 spiro atoms. The smallest absolute Gasteiger partial charge is 0.291 e. The predicted octanol–water partition coefficient (Wildman–Crippen LogP) is 2.96. The van der Waals surface area contributed by atoms with E-state index in [1.54, 1.807) is 37.3 Å². The summed E-state index contributed by atoms with van der Waals surface area (Å²) in [5.74, 6) is -0.441. The van der Waals surface area contributed by atoms with Crippen LogP contribution in [-0.4, -0.2) is 25.2 Å². The molecule has 1 unspecified atom stereocenters. The lowest BCUT2D eigenvalue weighted by Crippen LogP contribution is -2.27. The van der Waals surface area contributed by atoms with Crippen LogP contribution in [0.4, 0.5) is 5.69 Å². The van der Waals surface area contributed by atoms with E-state index in [0.717, 1.165) is 24.3 Å². The van der Waals surface area contributed by atoms with E-state index in [9.17, 15) is 23.3 Å². The minimum absolute atomic E-state index is 0.167. The number of ketones is 1. The van der Waals surface area contributed by atoms with Crippen molar-refractivity contribution in [1.29, 1.82) is 0 Å². The molecule has 1 atom stereocenters. The topological polar surface area (TPSA) is 104 Å². The van der Waals surface area contributed by atoms with E-state index >= 15 is 0 Å². The first kappa shape index (κ1) is 17.8. The van der Waals surface area contributed by atoms with Crippen LogP contribution >= 0.6 is 0 Å². The molecule has 0 fully saturated rings. The molecule has 2 aromatic rings. The zero-order valence-electron chi connectivity index (χ0n) is 12.8. The number of non-ortho nitro benzene ring substituents is 1. The van der Waals surface area contributed by atoms with Gasteiger partial charge in [0.1, 0.15) is 6.10 Å². The fourth-order valence-electron chi connectivity index (χ4n) is 2.03. The van der Waals surface area contributed by atoms with Crippen LogP contribution in [0.3, 0.4) is 0 Å². The van der Waals surface area contributed by atoms with Crippen LogP contribution in [0.1, 0.15) is 23.7 Å². The second-order valence-electron chi connectivity index (χ2n) is 4.93. The summed E-state index contributed by atoms with van der Waals surface area (Å²) in [6.07, 6.45) is -0.993. The Labute approximate surface area is 139 Å². The van der Waals surface area contributed by atoms with Crippen LogP contribution in [0, 0.1) is 10.1 Å². The molecule has 2 aromatic carbocycles. The zero-order valence-corrected chi connectivity index (χ0v) is 13.6. The summed E-state index contributed by atoms with van der Waals surface area (Å²) in [5.41, 5.74) is 0.115. The van der Waals surface area contributed by atoms with E-state index in [4.69, 9.17) is 4.18 Å². The number of benzene rings is 2. The highest BCUT2D eigenvalue weighted by atomic mass is 32.2. The molecule has 0 aliphatic rings. The molecule has 0 aromatic heterocycles. The van der Waals surface area contributed by atoms with Crippen LogP contribution in [0.15, 0.2) is 59.5 Å². The molecule has 8 heteroatoms. The van der Waals surface area contributed by atoms with Crippen LogP contribution in [-0.2, 0) is 14.3 Å². The third kappa shape index (κ3) is 4.03. The van der Waals surface area contributed by atoms with Crippen molar-refractivity contribution in [2.75, 3.05) is 0 Å². The van der Waals surface area contributed by atoms with Crippen molar-refractivity contribution in [1.82, 2.24) is 0 Å². The molecule has 0 N–H and O–H groups in total. The van der Waals surface area contributed by atoms with Crippen molar-refractivity contribution >= 4 is 21.6 Å². The largest absolute Gasteiger partial charge is 0.297 e. The number of Topliss-reactive ketones (excluding diaryl/α,β-unsaturated/α-hetero) is 1. The van der Waals surface area contributed by atoms with E-state index in [2.05, 4.69) is 0 Å². The van der Waals surface area contributed by atoms with Crippen molar-refractivity contribution in [2.24, 2.45) is 0 Å². The minimum atomic E-state index is -4.21. The first-order valence-corrected chi connectivity index (χ1v) is 8.53. The van der Waals surface area contributed by atoms with Crippen LogP contribution in [0.25, 0.3) is 0 Å². The van der Waals surface area contributed by atoms with E-state index in [1.807, 2.05) is 0 Å². The highest BCUT2D eigenvalue weighted by molar-refractivity contribution is 7.86. The highest BCUT2D eigenvalue weighted by Gasteiger charge is 2.27. The molecule has 2 rings (SSSR count). The number of carbonyl (C=O) groups excluding carboxylic acids is 1. The van der Waals surface area contributed by atoms with Crippen molar-refractivity contribution < 1.29 is 22.3 Å². The SMILES string of the molecule is CCC(OS(=O)(=O)c1ccc([N+](=O)[O-])cc1)C(=O)c1ccccc1. The molecule has 7 nitrogen and oxygen atoms in total. The third-order valence-corrected chi connectivity index (χ3v) is 4.64. The maximum Gasteiger partial charge on any atom is 0.297 e. The number of nitro groups is 1. The van der Waals surface area contributed by atoms with Gasteiger partial charge in [-0.3, -0.25) is 19.1 Å². The first-order chi connectivity index (χ1) is 11.3. The predicted molar refractivity (Wildman–Crippen MR) is 86.2 cm³/mol. The average Bonchev–Trinajstić information content (AvgIpc) is 2.60. The summed E-state index contributed by atoms with van der Waals surface area (Å²) in [6, 6.07) is 12.5. The van der Waals surface area contributed by atoms with Crippen LogP contribution < -0.4 is 0 Å². The number of hydrogen-bond acceptors (Lipinski definition) is 6. The number of nitro benzene ring substituents is 1. The van der Waals surface area contributed by atoms with Gasteiger partial charge in [-0.15, -0.1) is 0 Å². The highest BCUT2D eigenvalue weighted by Crippen LogP contribution is 2.21. The Kier molecular flexibility index (Phi) is 5.42. The lowest BCUT2D eigenvalue weighted by molar-refractivity contribution is -0.384. The molecule has 24 heavy (non-hydrogen) atoms. The molecule has 0 radical (unpaired) electrons. The van der Waals surface area contributed by atoms with Gasteiger partial charge in [0.25, 0.3) is 15.8 Å². The van der Waals surface area contributed by atoms with E-state index in [0.29, 0.717) is 5.56 Å². The minimum Gasteiger partial charge on any atom is -0.291 e. The van der Waals surface area contributed by atoms with Gasteiger partial charge in [-0.1, -0.05) is 37.3 Å². The van der Waals surface area contributed by atoms with Gasteiger partial charge in [-0.25, -0.2) is 0 Å². The maximum absolute atomic E-state index is 12.3. The van der Waals surface area contributed by atoms with E-state index in [1.165, 1.54) is 0 Å². The number of hydrogen-bond donors (Lipinski definition) is 0. The van der Waals surface area contributed by atoms with Gasteiger partial charge in [0.15, 0.2) is 5.78 Å². The first-order valence-electron chi connectivity index (χ1n) is 7.12. The van der Waals surface area contributed by atoms with Gasteiger partial charge < -0.3 is 0 Å². The van der Waals surface area contributed by atoms with Crippen LogP contribution in [0.2, 0.25) is 0 Å². The Bertz CT molecular complexity index is 831. The third-order valence-electron chi connectivity index (χ3n) is 3.30. The summed E-state index contributed by atoms with van der Waals surface area (Å²) in [6.45, 7) is 1.64. The molecular formula is C16H15NO6S. The monoisotopic (exact) mass is 349 g/mol. The van der Waals surface area contributed by atoms with Gasteiger partial charge >= 0.3 is 0 Å². The Balaban J connectivity index is 2.22. The molecule has 0 amide bonds. The van der Waals surface area contributed by atoms with Gasteiger partial charge in [-0.2, -0.15) is 8.42 Å². The second-order valence-corrected chi connectivity index (χ2v) is 6.50. The summed E-state index contributed by atoms with van der Waals surface area (Å²) in [7, 11) is -4.21. The molecule has 0 bridgehead atoms. The quantitative estimate of drug-likeness (QED) is 0.329. The van der Waals surface area contributed by atoms with Gasteiger partial charge in [0.05, 0.1) is 9.82 Å².